The van der Waals surface area contributed by atoms with Gasteiger partial charge in [0, 0.05) is 17.3 Å². The third kappa shape index (κ3) is 2.09. The average molecular weight is 240 g/mol. The van der Waals surface area contributed by atoms with Crippen LogP contribution < -0.4 is 0 Å². The first kappa shape index (κ1) is 10.7. The summed E-state index contributed by atoms with van der Waals surface area (Å²) in [7, 11) is 0. The van der Waals surface area contributed by atoms with Gasteiger partial charge in [-0.2, -0.15) is 0 Å². The Kier molecular flexibility index (Phi) is 2.85. The first-order valence-corrected chi connectivity index (χ1v) is 5.58. The average Bonchev–Trinajstić information content (AvgIpc) is 2.19. The smallest absolute Gasteiger partial charge is 0.0599 e. The van der Waals surface area contributed by atoms with E-state index in [4.69, 9.17) is 23.2 Å². The quantitative estimate of drug-likeness (QED) is 0.706. The van der Waals surface area contributed by atoms with Crippen molar-refractivity contribution in [2.45, 2.75) is 19.8 Å². The molecule has 0 atom stereocenters. The van der Waals surface area contributed by atoms with E-state index < -0.39 is 0 Å². The van der Waals surface area contributed by atoms with Crippen LogP contribution in [0.2, 0.25) is 10.0 Å². The highest BCUT2D eigenvalue weighted by Gasteiger charge is 2.05. The van der Waals surface area contributed by atoms with Gasteiger partial charge in [0.2, 0.25) is 0 Å². The predicted molar refractivity (Wildman–Crippen MR) is 65.9 cm³/mol. The number of hydrogen-bond acceptors (Lipinski definition) is 1. The van der Waals surface area contributed by atoms with Gasteiger partial charge in [-0.3, -0.25) is 4.98 Å². The minimum Gasteiger partial charge on any atom is -0.260 e. The highest BCUT2D eigenvalue weighted by molar-refractivity contribution is 6.42. The van der Waals surface area contributed by atoms with Crippen LogP contribution in [0, 0.1) is 0 Å². The van der Waals surface area contributed by atoms with Crippen LogP contribution in [0.4, 0.5) is 0 Å². The number of pyridine rings is 1. The Morgan fingerprint density at radius 1 is 1.00 bits per heavy atom. The van der Waals surface area contributed by atoms with Crippen molar-refractivity contribution < 1.29 is 0 Å². The molecule has 0 amide bonds. The van der Waals surface area contributed by atoms with E-state index in [1.165, 1.54) is 0 Å². The molecule has 0 aliphatic rings. The molecule has 78 valence electrons. The summed E-state index contributed by atoms with van der Waals surface area (Å²) in [6.07, 6.45) is 1.84. The predicted octanol–water partition coefficient (Wildman–Crippen LogP) is 4.67. The van der Waals surface area contributed by atoms with E-state index in [1.54, 1.807) is 0 Å². The van der Waals surface area contributed by atoms with Crippen LogP contribution in [0.5, 0.6) is 0 Å². The van der Waals surface area contributed by atoms with Crippen LogP contribution in [0.25, 0.3) is 10.8 Å². The molecule has 0 N–H and O–H groups in total. The SMILES string of the molecule is CC(C)c1cc2cc(Cl)c(Cl)cc2cn1. The van der Waals surface area contributed by atoms with Gasteiger partial charge in [0.1, 0.15) is 0 Å². The van der Waals surface area contributed by atoms with E-state index in [0.717, 1.165) is 16.5 Å². The molecule has 0 unspecified atom stereocenters. The fraction of sp³-hybridized carbons (Fsp3) is 0.250. The summed E-state index contributed by atoms with van der Waals surface area (Å²) >= 11 is 11.9. The Morgan fingerprint density at radius 3 is 2.20 bits per heavy atom. The Hall–Kier alpha value is -0.790. The van der Waals surface area contributed by atoms with Crippen molar-refractivity contribution in [1.29, 1.82) is 0 Å². The molecule has 1 nitrogen and oxygen atoms in total. The van der Waals surface area contributed by atoms with Crippen LogP contribution >= 0.6 is 23.2 Å². The molecule has 3 heteroatoms. The van der Waals surface area contributed by atoms with Gasteiger partial charge in [-0.1, -0.05) is 37.0 Å². The van der Waals surface area contributed by atoms with Gasteiger partial charge >= 0.3 is 0 Å². The summed E-state index contributed by atoms with van der Waals surface area (Å²) < 4.78 is 0. The molecular formula is C12H11Cl2N. The first-order valence-electron chi connectivity index (χ1n) is 4.82. The number of aromatic nitrogens is 1. The van der Waals surface area contributed by atoms with Crippen LogP contribution in [-0.4, -0.2) is 4.98 Å². The molecule has 2 rings (SSSR count). The molecule has 0 aliphatic carbocycles. The zero-order valence-electron chi connectivity index (χ0n) is 8.59. The summed E-state index contributed by atoms with van der Waals surface area (Å²) in [5.41, 5.74) is 1.07. The number of nitrogens with zero attached hydrogens (tertiary/aromatic N) is 1. The van der Waals surface area contributed by atoms with Crippen LogP contribution in [0.3, 0.4) is 0 Å². The molecule has 0 saturated carbocycles. The third-order valence-corrected chi connectivity index (χ3v) is 3.10. The van der Waals surface area contributed by atoms with E-state index in [9.17, 15) is 0 Å². The minimum atomic E-state index is 0.420. The Morgan fingerprint density at radius 2 is 1.60 bits per heavy atom. The monoisotopic (exact) mass is 239 g/mol. The van der Waals surface area contributed by atoms with Gasteiger partial charge in [0.15, 0.2) is 0 Å². The minimum absolute atomic E-state index is 0.420. The second-order valence-corrected chi connectivity index (χ2v) is 4.69. The molecule has 0 saturated heterocycles. The van der Waals surface area contributed by atoms with Gasteiger partial charge in [0.25, 0.3) is 0 Å². The van der Waals surface area contributed by atoms with Crippen LogP contribution in [0.1, 0.15) is 25.5 Å². The zero-order valence-corrected chi connectivity index (χ0v) is 10.1. The lowest BCUT2D eigenvalue weighted by Crippen LogP contribution is -1.91. The van der Waals surface area contributed by atoms with Gasteiger partial charge in [0.05, 0.1) is 10.0 Å². The van der Waals surface area contributed by atoms with Crippen molar-refractivity contribution in [3.05, 3.63) is 40.1 Å². The molecule has 15 heavy (non-hydrogen) atoms. The van der Waals surface area contributed by atoms with Gasteiger partial charge in [-0.25, -0.2) is 0 Å². The number of rotatable bonds is 1. The molecule has 0 aliphatic heterocycles. The maximum Gasteiger partial charge on any atom is 0.0599 e. The lowest BCUT2D eigenvalue weighted by atomic mass is 10.1. The van der Waals surface area contributed by atoms with Crippen molar-refractivity contribution in [2.24, 2.45) is 0 Å². The summed E-state index contributed by atoms with van der Waals surface area (Å²) in [4.78, 5) is 4.38. The fourth-order valence-corrected chi connectivity index (χ4v) is 1.82. The summed E-state index contributed by atoms with van der Waals surface area (Å²) in [5, 5.41) is 3.27. The van der Waals surface area contributed by atoms with E-state index >= 15 is 0 Å². The van der Waals surface area contributed by atoms with Crippen molar-refractivity contribution in [2.75, 3.05) is 0 Å². The Labute approximate surface area is 99.0 Å². The lowest BCUT2D eigenvalue weighted by Gasteiger charge is -2.06. The van der Waals surface area contributed by atoms with E-state index in [2.05, 4.69) is 24.9 Å². The molecule has 1 aromatic carbocycles. The van der Waals surface area contributed by atoms with E-state index in [-0.39, 0.29) is 0 Å². The molecule has 0 spiro atoms. The van der Waals surface area contributed by atoms with Crippen molar-refractivity contribution in [3.8, 4) is 0 Å². The third-order valence-electron chi connectivity index (χ3n) is 2.37. The van der Waals surface area contributed by atoms with Crippen molar-refractivity contribution in [3.63, 3.8) is 0 Å². The number of benzene rings is 1. The van der Waals surface area contributed by atoms with Gasteiger partial charge < -0.3 is 0 Å². The fourth-order valence-electron chi connectivity index (χ4n) is 1.47. The molecule has 0 bridgehead atoms. The molecule has 2 aromatic rings. The lowest BCUT2D eigenvalue weighted by molar-refractivity contribution is 0.826. The zero-order chi connectivity index (χ0) is 11.0. The van der Waals surface area contributed by atoms with Gasteiger partial charge in [-0.15, -0.1) is 0 Å². The second kappa shape index (κ2) is 3.99. The topological polar surface area (TPSA) is 12.9 Å². The second-order valence-electron chi connectivity index (χ2n) is 3.88. The highest BCUT2D eigenvalue weighted by Crippen LogP contribution is 2.28. The number of halogens is 2. The number of fused-ring (bicyclic) bond motifs is 1. The number of hydrogen-bond donors (Lipinski definition) is 0. The van der Waals surface area contributed by atoms with Crippen LogP contribution in [-0.2, 0) is 0 Å². The van der Waals surface area contributed by atoms with Crippen LogP contribution in [0.15, 0.2) is 24.4 Å². The summed E-state index contributed by atoms with van der Waals surface area (Å²) in [6.45, 7) is 4.23. The van der Waals surface area contributed by atoms with Gasteiger partial charge in [-0.05, 0) is 29.5 Å². The molecule has 0 fully saturated rings. The molecule has 1 aromatic heterocycles. The van der Waals surface area contributed by atoms with Crippen molar-refractivity contribution in [1.82, 2.24) is 4.98 Å². The van der Waals surface area contributed by atoms with E-state index in [1.807, 2.05) is 18.3 Å². The summed E-state index contributed by atoms with van der Waals surface area (Å²) in [6, 6.07) is 5.78. The summed E-state index contributed by atoms with van der Waals surface area (Å²) in [5.74, 6) is 0.420. The molecule has 1 heterocycles. The largest absolute Gasteiger partial charge is 0.260 e. The highest BCUT2D eigenvalue weighted by atomic mass is 35.5. The maximum atomic E-state index is 5.97. The Bertz CT molecular complexity index is 506. The standard InChI is InChI=1S/C12H11Cl2N/c1-7(2)12-5-8-3-10(13)11(14)4-9(8)6-15-12/h3-7H,1-2H3. The molecule has 0 radical (unpaired) electrons. The van der Waals surface area contributed by atoms with Crippen molar-refractivity contribution >= 4 is 34.0 Å². The van der Waals surface area contributed by atoms with E-state index in [0.29, 0.717) is 16.0 Å². The molecular weight excluding hydrogens is 229 g/mol. The Balaban J connectivity index is 2.66. The maximum absolute atomic E-state index is 5.97. The first-order chi connectivity index (χ1) is 7.08. The normalized spacial score (nSPS) is 11.3.